The second-order valence-corrected chi connectivity index (χ2v) is 3.16. The molecule has 0 amide bonds. The summed E-state index contributed by atoms with van der Waals surface area (Å²) in [4.78, 5) is 0. The van der Waals surface area contributed by atoms with Crippen molar-refractivity contribution in [3.8, 4) is 0 Å². The van der Waals surface area contributed by atoms with Gasteiger partial charge in [-0.2, -0.15) is 11.8 Å². The first-order chi connectivity index (χ1) is 5.36. The molecule has 0 fully saturated rings. The van der Waals surface area contributed by atoms with Gasteiger partial charge in [0.25, 0.3) is 0 Å². The number of nitrogens with zero attached hydrogens (tertiary/aromatic N) is 3. The van der Waals surface area contributed by atoms with Crippen LogP contribution in [0.3, 0.4) is 0 Å². The van der Waals surface area contributed by atoms with Gasteiger partial charge in [-0.3, -0.25) is 4.68 Å². The third-order valence-electron chi connectivity index (χ3n) is 1.32. The number of aromatic nitrogens is 3. The fraction of sp³-hybridized carbons (Fsp3) is 0.667. The van der Waals surface area contributed by atoms with Crippen LogP contribution in [0.2, 0.25) is 0 Å². The Labute approximate surface area is 70.1 Å². The molecular formula is C6H12N4S. The van der Waals surface area contributed by atoms with Crippen molar-refractivity contribution in [3.63, 3.8) is 0 Å². The summed E-state index contributed by atoms with van der Waals surface area (Å²) in [5.41, 5.74) is 6.22. The van der Waals surface area contributed by atoms with Crippen LogP contribution in [0.4, 0.5) is 0 Å². The van der Waals surface area contributed by atoms with Gasteiger partial charge in [-0.1, -0.05) is 5.21 Å². The molecule has 0 atom stereocenters. The number of thioether (sulfide) groups is 1. The van der Waals surface area contributed by atoms with Crippen molar-refractivity contribution in [2.24, 2.45) is 5.73 Å². The fourth-order valence-corrected chi connectivity index (χ4v) is 1.10. The molecule has 0 saturated heterocycles. The standard InChI is InChI=1S/C6H12N4S/c1-11-3-2-10-5-6(4-7)8-9-10/h5H,2-4,7H2,1H3. The lowest BCUT2D eigenvalue weighted by molar-refractivity contribution is 0.632. The quantitative estimate of drug-likeness (QED) is 0.700. The molecule has 1 aromatic heterocycles. The van der Waals surface area contributed by atoms with Crippen molar-refractivity contribution < 1.29 is 0 Å². The number of rotatable bonds is 4. The van der Waals surface area contributed by atoms with E-state index in [0.29, 0.717) is 6.54 Å². The number of hydrogen-bond donors (Lipinski definition) is 1. The SMILES string of the molecule is CSCCn1cc(CN)nn1. The second-order valence-electron chi connectivity index (χ2n) is 2.17. The van der Waals surface area contributed by atoms with Gasteiger partial charge < -0.3 is 5.73 Å². The van der Waals surface area contributed by atoms with Crippen LogP contribution in [0.25, 0.3) is 0 Å². The number of aryl methyl sites for hydroxylation is 1. The molecule has 62 valence electrons. The van der Waals surface area contributed by atoms with Crippen molar-refractivity contribution in [2.75, 3.05) is 12.0 Å². The first kappa shape index (κ1) is 8.55. The molecule has 0 spiro atoms. The Hall–Kier alpha value is -0.550. The van der Waals surface area contributed by atoms with E-state index in [1.807, 2.05) is 10.9 Å². The minimum Gasteiger partial charge on any atom is -0.325 e. The second kappa shape index (κ2) is 4.35. The third-order valence-corrected chi connectivity index (χ3v) is 1.91. The van der Waals surface area contributed by atoms with E-state index in [0.717, 1.165) is 18.0 Å². The Morgan fingerprint density at radius 2 is 2.55 bits per heavy atom. The average molecular weight is 172 g/mol. The van der Waals surface area contributed by atoms with Gasteiger partial charge in [0.2, 0.25) is 0 Å². The monoisotopic (exact) mass is 172 g/mol. The van der Waals surface area contributed by atoms with Crippen LogP contribution < -0.4 is 5.73 Å². The zero-order chi connectivity index (χ0) is 8.10. The van der Waals surface area contributed by atoms with Gasteiger partial charge in [0.05, 0.1) is 12.2 Å². The Balaban J connectivity index is 2.44. The highest BCUT2D eigenvalue weighted by Crippen LogP contribution is 1.95. The highest BCUT2D eigenvalue weighted by molar-refractivity contribution is 7.98. The first-order valence-corrected chi connectivity index (χ1v) is 4.84. The minimum atomic E-state index is 0.471. The minimum absolute atomic E-state index is 0.471. The summed E-state index contributed by atoms with van der Waals surface area (Å²) in [5.74, 6) is 1.06. The summed E-state index contributed by atoms with van der Waals surface area (Å²) in [5, 5.41) is 7.76. The van der Waals surface area contributed by atoms with E-state index < -0.39 is 0 Å². The normalized spacial score (nSPS) is 10.4. The van der Waals surface area contributed by atoms with E-state index in [1.54, 1.807) is 11.8 Å². The van der Waals surface area contributed by atoms with Gasteiger partial charge in [-0.15, -0.1) is 5.10 Å². The molecule has 0 saturated carbocycles. The van der Waals surface area contributed by atoms with Crippen molar-refractivity contribution in [2.45, 2.75) is 13.1 Å². The van der Waals surface area contributed by atoms with Crippen LogP contribution in [-0.2, 0) is 13.1 Å². The van der Waals surface area contributed by atoms with E-state index in [-0.39, 0.29) is 0 Å². The maximum Gasteiger partial charge on any atom is 0.0962 e. The molecule has 4 nitrogen and oxygen atoms in total. The van der Waals surface area contributed by atoms with Gasteiger partial charge in [0.1, 0.15) is 0 Å². The lowest BCUT2D eigenvalue weighted by Crippen LogP contribution is -2.00. The molecule has 0 aliphatic carbocycles. The van der Waals surface area contributed by atoms with Crippen molar-refractivity contribution in [1.82, 2.24) is 15.0 Å². The summed E-state index contributed by atoms with van der Waals surface area (Å²) < 4.78 is 1.82. The molecule has 0 aliphatic heterocycles. The fourth-order valence-electron chi connectivity index (χ4n) is 0.726. The van der Waals surface area contributed by atoms with E-state index in [9.17, 15) is 0 Å². The molecule has 0 radical (unpaired) electrons. The Bertz CT molecular complexity index is 210. The molecular weight excluding hydrogens is 160 g/mol. The molecule has 0 unspecified atom stereocenters. The highest BCUT2D eigenvalue weighted by atomic mass is 32.2. The summed E-state index contributed by atoms with van der Waals surface area (Å²) in [6.45, 7) is 1.38. The van der Waals surface area contributed by atoms with E-state index in [1.165, 1.54) is 0 Å². The van der Waals surface area contributed by atoms with E-state index in [4.69, 9.17) is 5.73 Å². The van der Waals surface area contributed by atoms with Crippen LogP contribution in [0, 0.1) is 0 Å². The molecule has 0 aliphatic rings. The molecule has 11 heavy (non-hydrogen) atoms. The molecule has 0 bridgehead atoms. The molecule has 1 rings (SSSR count). The molecule has 2 N–H and O–H groups in total. The van der Waals surface area contributed by atoms with Crippen molar-refractivity contribution in [1.29, 1.82) is 0 Å². The smallest absolute Gasteiger partial charge is 0.0962 e. The molecule has 1 aromatic rings. The topological polar surface area (TPSA) is 56.7 Å². The summed E-state index contributed by atoms with van der Waals surface area (Å²) >= 11 is 1.79. The zero-order valence-electron chi connectivity index (χ0n) is 6.53. The van der Waals surface area contributed by atoms with Crippen LogP contribution in [0.1, 0.15) is 5.69 Å². The van der Waals surface area contributed by atoms with Gasteiger partial charge in [-0.05, 0) is 6.26 Å². The van der Waals surface area contributed by atoms with Crippen LogP contribution in [0.15, 0.2) is 6.20 Å². The van der Waals surface area contributed by atoms with Crippen LogP contribution in [-0.4, -0.2) is 27.0 Å². The third kappa shape index (κ3) is 2.51. The van der Waals surface area contributed by atoms with Gasteiger partial charge in [-0.25, -0.2) is 0 Å². The highest BCUT2D eigenvalue weighted by Gasteiger charge is 1.96. The Kier molecular flexibility index (Phi) is 3.38. The van der Waals surface area contributed by atoms with Crippen LogP contribution in [0.5, 0.6) is 0 Å². The van der Waals surface area contributed by atoms with Crippen LogP contribution >= 0.6 is 11.8 Å². The van der Waals surface area contributed by atoms with Gasteiger partial charge >= 0.3 is 0 Å². The maximum absolute atomic E-state index is 5.37. The largest absolute Gasteiger partial charge is 0.325 e. The molecule has 0 aromatic carbocycles. The molecule has 5 heteroatoms. The summed E-state index contributed by atoms with van der Waals surface area (Å²) in [7, 11) is 0. The first-order valence-electron chi connectivity index (χ1n) is 3.45. The average Bonchev–Trinajstić information content (AvgIpc) is 2.48. The van der Waals surface area contributed by atoms with Gasteiger partial charge in [0.15, 0.2) is 0 Å². The number of nitrogens with two attached hydrogens (primary N) is 1. The zero-order valence-corrected chi connectivity index (χ0v) is 7.34. The van der Waals surface area contributed by atoms with Gasteiger partial charge in [0, 0.05) is 18.5 Å². The lowest BCUT2D eigenvalue weighted by Gasteiger charge is -1.94. The lowest BCUT2D eigenvalue weighted by atomic mass is 10.5. The predicted molar refractivity (Wildman–Crippen MR) is 46.3 cm³/mol. The number of hydrogen-bond acceptors (Lipinski definition) is 4. The summed E-state index contributed by atoms with van der Waals surface area (Å²) in [6, 6.07) is 0. The van der Waals surface area contributed by atoms with Crippen molar-refractivity contribution >= 4 is 11.8 Å². The van der Waals surface area contributed by atoms with Crippen molar-refractivity contribution in [3.05, 3.63) is 11.9 Å². The Morgan fingerprint density at radius 1 is 1.73 bits per heavy atom. The predicted octanol–water partition coefficient (Wildman–Crippen LogP) is 0.0998. The Morgan fingerprint density at radius 3 is 3.09 bits per heavy atom. The molecule has 1 heterocycles. The maximum atomic E-state index is 5.37. The summed E-state index contributed by atoms with van der Waals surface area (Å²) in [6.07, 6.45) is 3.96. The van der Waals surface area contributed by atoms with E-state index in [2.05, 4.69) is 16.6 Å². The van der Waals surface area contributed by atoms with E-state index >= 15 is 0 Å².